The molecule has 1 heterocycles. The first kappa shape index (κ1) is 13.9. The van der Waals surface area contributed by atoms with Gasteiger partial charge in [-0.15, -0.1) is 0 Å². The van der Waals surface area contributed by atoms with Crippen LogP contribution in [-0.2, 0) is 17.8 Å². The molecule has 0 bridgehead atoms. The largest absolute Gasteiger partial charge is 0.405 e. The number of carbonyl (C=O) groups excluding carboxylic acids is 1. The molecule has 1 unspecified atom stereocenters. The fourth-order valence-electron chi connectivity index (χ4n) is 2.30. The maximum atomic E-state index is 12.0. The molecule has 0 fully saturated rings. The quantitative estimate of drug-likeness (QED) is 0.878. The first-order valence-electron chi connectivity index (χ1n) is 6.13. The molecule has 0 aromatic carbocycles. The predicted molar refractivity (Wildman–Crippen MR) is 63.4 cm³/mol. The Morgan fingerprint density at radius 3 is 2.84 bits per heavy atom. The Labute approximate surface area is 108 Å². The normalized spacial score (nSPS) is 19.1. The summed E-state index contributed by atoms with van der Waals surface area (Å²) in [5.41, 5.74) is 8.02. The highest BCUT2D eigenvalue weighted by atomic mass is 19.4. The average Bonchev–Trinajstić information content (AvgIpc) is 2.69. The molecule has 19 heavy (non-hydrogen) atoms. The second-order valence-corrected chi connectivity index (χ2v) is 4.80. The van der Waals surface area contributed by atoms with Gasteiger partial charge in [-0.05, 0) is 30.4 Å². The van der Waals surface area contributed by atoms with Crippen LogP contribution in [0.15, 0.2) is 12.4 Å². The van der Waals surface area contributed by atoms with Crippen LogP contribution in [0.3, 0.4) is 0 Å². The van der Waals surface area contributed by atoms with Gasteiger partial charge in [-0.25, -0.2) is 0 Å². The van der Waals surface area contributed by atoms with E-state index < -0.39 is 18.6 Å². The van der Waals surface area contributed by atoms with Gasteiger partial charge in [0.05, 0.1) is 0 Å². The number of halogens is 3. The number of alkyl halides is 3. The van der Waals surface area contributed by atoms with E-state index in [0.717, 1.165) is 30.4 Å². The molecule has 0 spiro atoms. The van der Waals surface area contributed by atoms with Crippen LogP contribution >= 0.6 is 0 Å². The highest BCUT2D eigenvalue weighted by molar-refractivity contribution is 5.75. The summed E-state index contributed by atoms with van der Waals surface area (Å²) in [6.07, 6.45) is 1.97. The molecule has 3 N–H and O–H groups in total. The van der Waals surface area contributed by atoms with E-state index in [1.165, 1.54) is 0 Å². The van der Waals surface area contributed by atoms with E-state index in [-0.39, 0.29) is 12.6 Å². The SMILES string of the molecule is NC1CCCc2cn(CC(=O)NCC(F)(F)F)cc21. The van der Waals surface area contributed by atoms with E-state index >= 15 is 0 Å². The minimum atomic E-state index is -4.38. The monoisotopic (exact) mass is 275 g/mol. The van der Waals surface area contributed by atoms with Gasteiger partial charge in [-0.3, -0.25) is 4.79 Å². The van der Waals surface area contributed by atoms with Gasteiger partial charge < -0.3 is 15.6 Å². The topological polar surface area (TPSA) is 60.0 Å². The second-order valence-electron chi connectivity index (χ2n) is 4.80. The number of aryl methyl sites for hydroxylation is 1. The molecule has 1 aliphatic carbocycles. The minimum absolute atomic E-state index is 0.0387. The number of nitrogens with one attached hydrogen (secondary N) is 1. The van der Waals surface area contributed by atoms with Crippen molar-refractivity contribution in [3.8, 4) is 0 Å². The summed E-state index contributed by atoms with van der Waals surface area (Å²) in [5, 5.41) is 1.85. The lowest BCUT2D eigenvalue weighted by atomic mass is 9.92. The maximum Gasteiger partial charge on any atom is 0.405 e. The van der Waals surface area contributed by atoms with Crippen molar-refractivity contribution >= 4 is 5.91 Å². The van der Waals surface area contributed by atoms with Crippen molar-refractivity contribution in [1.82, 2.24) is 9.88 Å². The number of amides is 1. The molecule has 2 rings (SSSR count). The van der Waals surface area contributed by atoms with Gasteiger partial charge in [-0.1, -0.05) is 0 Å². The lowest BCUT2D eigenvalue weighted by molar-refractivity contribution is -0.138. The lowest BCUT2D eigenvalue weighted by Crippen LogP contribution is -2.35. The number of aromatic nitrogens is 1. The fraction of sp³-hybridized carbons (Fsp3) is 0.583. The maximum absolute atomic E-state index is 12.0. The van der Waals surface area contributed by atoms with E-state index in [1.54, 1.807) is 17.0 Å². The summed E-state index contributed by atoms with van der Waals surface area (Å²) in [4.78, 5) is 11.4. The third kappa shape index (κ3) is 3.73. The predicted octanol–water partition coefficient (Wildman–Crippen LogP) is 1.50. The van der Waals surface area contributed by atoms with Crippen molar-refractivity contribution in [1.29, 1.82) is 0 Å². The summed E-state index contributed by atoms with van der Waals surface area (Å²) in [5.74, 6) is -0.654. The zero-order valence-corrected chi connectivity index (χ0v) is 10.3. The van der Waals surface area contributed by atoms with Crippen molar-refractivity contribution in [2.45, 2.75) is 38.0 Å². The van der Waals surface area contributed by atoms with E-state index in [9.17, 15) is 18.0 Å². The number of hydrogen-bond donors (Lipinski definition) is 2. The highest BCUT2D eigenvalue weighted by Crippen LogP contribution is 2.28. The van der Waals surface area contributed by atoms with Crippen molar-refractivity contribution in [2.24, 2.45) is 5.73 Å². The highest BCUT2D eigenvalue weighted by Gasteiger charge is 2.27. The van der Waals surface area contributed by atoms with E-state index in [2.05, 4.69) is 0 Å². The van der Waals surface area contributed by atoms with Crippen LogP contribution in [0.5, 0.6) is 0 Å². The average molecular weight is 275 g/mol. The Balaban J connectivity index is 1.95. The van der Waals surface area contributed by atoms with Crippen molar-refractivity contribution in [3.63, 3.8) is 0 Å². The number of carbonyl (C=O) groups is 1. The molecule has 7 heteroatoms. The summed E-state index contributed by atoms with van der Waals surface area (Å²) in [6, 6.07) is -0.0387. The van der Waals surface area contributed by atoms with Crippen molar-refractivity contribution in [2.75, 3.05) is 6.54 Å². The standard InChI is InChI=1S/C12H16F3N3O/c13-12(14,15)7-17-11(19)6-18-4-8-2-1-3-10(16)9(8)5-18/h4-5,10H,1-3,6-7,16H2,(H,17,19). The van der Waals surface area contributed by atoms with Crippen LogP contribution in [0.1, 0.15) is 30.0 Å². The van der Waals surface area contributed by atoms with Gasteiger partial charge in [0.2, 0.25) is 5.91 Å². The number of fused-ring (bicyclic) bond motifs is 1. The first-order valence-corrected chi connectivity index (χ1v) is 6.13. The van der Waals surface area contributed by atoms with Gasteiger partial charge in [0.25, 0.3) is 0 Å². The second kappa shape index (κ2) is 5.24. The summed E-state index contributed by atoms with van der Waals surface area (Å²) >= 11 is 0. The summed E-state index contributed by atoms with van der Waals surface area (Å²) in [6.45, 7) is -1.41. The Morgan fingerprint density at radius 1 is 1.47 bits per heavy atom. The smallest absolute Gasteiger partial charge is 0.345 e. The molecule has 0 radical (unpaired) electrons. The van der Waals surface area contributed by atoms with Crippen molar-refractivity contribution in [3.05, 3.63) is 23.5 Å². The molecular weight excluding hydrogens is 259 g/mol. The van der Waals surface area contributed by atoms with Crippen LogP contribution in [0, 0.1) is 0 Å². The molecule has 1 aromatic heterocycles. The van der Waals surface area contributed by atoms with E-state index in [0.29, 0.717) is 0 Å². The van der Waals surface area contributed by atoms with E-state index in [4.69, 9.17) is 5.73 Å². The van der Waals surface area contributed by atoms with Gasteiger partial charge in [0.15, 0.2) is 0 Å². The molecular formula is C12H16F3N3O. The minimum Gasteiger partial charge on any atom is -0.345 e. The molecule has 0 aliphatic heterocycles. The molecule has 1 aliphatic rings. The zero-order chi connectivity index (χ0) is 14.0. The molecule has 1 amide bonds. The number of rotatable bonds is 3. The molecule has 106 valence electrons. The van der Waals surface area contributed by atoms with Gasteiger partial charge >= 0.3 is 6.18 Å². The third-order valence-corrected chi connectivity index (χ3v) is 3.17. The summed E-state index contributed by atoms with van der Waals surface area (Å²) in [7, 11) is 0. The molecule has 1 atom stereocenters. The Bertz CT molecular complexity index is 467. The third-order valence-electron chi connectivity index (χ3n) is 3.17. The first-order chi connectivity index (χ1) is 8.85. The Hall–Kier alpha value is -1.50. The number of hydrogen-bond acceptors (Lipinski definition) is 2. The van der Waals surface area contributed by atoms with Gasteiger partial charge in [0.1, 0.15) is 13.1 Å². The van der Waals surface area contributed by atoms with Gasteiger partial charge in [-0.2, -0.15) is 13.2 Å². The molecule has 0 saturated carbocycles. The Morgan fingerprint density at radius 2 is 2.21 bits per heavy atom. The van der Waals surface area contributed by atoms with Crippen LogP contribution in [0.2, 0.25) is 0 Å². The van der Waals surface area contributed by atoms with Crippen LogP contribution in [0.25, 0.3) is 0 Å². The van der Waals surface area contributed by atoms with Crippen LogP contribution in [0.4, 0.5) is 13.2 Å². The molecule has 0 saturated heterocycles. The molecule has 4 nitrogen and oxygen atoms in total. The Kier molecular flexibility index (Phi) is 3.84. The number of nitrogens with two attached hydrogens (primary N) is 1. The lowest BCUT2D eigenvalue weighted by Gasteiger charge is -2.17. The molecule has 1 aromatic rings. The number of nitrogens with zero attached hydrogens (tertiary/aromatic N) is 1. The zero-order valence-electron chi connectivity index (χ0n) is 10.3. The van der Waals surface area contributed by atoms with Crippen LogP contribution < -0.4 is 11.1 Å². The van der Waals surface area contributed by atoms with E-state index in [1.807, 2.05) is 5.32 Å². The summed E-state index contributed by atoms with van der Waals surface area (Å²) < 4.78 is 37.5. The van der Waals surface area contributed by atoms with Gasteiger partial charge in [0, 0.05) is 18.4 Å². The van der Waals surface area contributed by atoms with Crippen LogP contribution in [-0.4, -0.2) is 23.2 Å². The van der Waals surface area contributed by atoms with Crippen molar-refractivity contribution < 1.29 is 18.0 Å². The fourth-order valence-corrected chi connectivity index (χ4v) is 2.30.